The number of nitrogen functional groups attached to an aromatic ring is 1. The van der Waals surface area contributed by atoms with Crippen LogP contribution in [0.2, 0.25) is 0 Å². The number of amides is 1. The van der Waals surface area contributed by atoms with Crippen LogP contribution >= 0.6 is 0 Å². The van der Waals surface area contributed by atoms with E-state index >= 15 is 0 Å². The average Bonchev–Trinajstić information content (AvgIpc) is 3.07. The Bertz CT molecular complexity index is 861. The van der Waals surface area contributed by atoms with Crippen LogP contribution in [0.25, 0.3) is 5.65 Å². The molecule has 2 saturated carbocycles. The van der Waals surface area contributed by atoms with Crippen molar-refractivity contribution < 1.29 is 4.79 Å². The van der Waals surface area contributed by atoms with Gasteiger partial charge in [-0.05, 0) is 55.1 Å². The molecule has 0 radical (unpaired) electrons. The molecule has 1 amide bonds. The minimum atomic E-state index is 0.0488. The molecule has 5 nitrogen and oxygen atoms in total. The molecule has 2 aromatic heterocycles. The van der Waals surface area contributed by atoms with Crippen molar-refractivity contribution in [2.24, 2.45) is 17.3 Å². The number of fused-ring (bicyclic) bond motifs is 1. The number of hydrogen-bond donors (Lipinski definition) is 2. The molecule has 24 heavy (non-hydrogen) atoms. The molecule has 3 aliphatic carbocycles. The Morgan fingerprint density at radius 3 is 3.08 bits per heavy atom. The summed E-state index contributed by atoms with van der Waals surface area (Å²) in [4.78, 5) is 16.7. The fourth-order valence-corrected chi connectivity index (χ4v) is 5.05. The molecule has 2 unspecified atom stereocenters. The van der Waals surface area contributed by atoms with Gasteiger partial charge < -0.3 is 15.5 Å². The first-order valence-corrected chi connectivity index (χ1v) is 8.85. The van der Waals surface area contributed by atoms with Gasteiger partial charge in [-0.3, -0.25) is 4.79 Å². The van der Waals surface area contributed by atoms with Gasteiger partial charge in [0.2, 0.25) is 5.91 Å². The first-order chi connectivity index (χ1) is 11.7. The molecular formula is C19H22N4O. The highest BCUT2D eigenvalue weighted by molar-refractivity contribution is 5.79. The maximum absolute atomic E-state index is 12.4. The average molecular weight is 322 g/mol. The van der Waals surface area contributed by atoms with Crippen LogP contribution in [0.4, 0.5) is 5.69 Å². The van der Waals surface area contributed by atoms with Crippen molar-refractivity contribution in [1.29, 1.82) is 0 Å². The monoisotopic (exact) mass is 322 g/mol. The highest BCUT2D eigenvalue weighted by atomic mass is 16.1. The fourth-order valence-electron chi connectivity index (χ4n) is 5.05. The highest BCUT2D eigenvalue weighted by Crippen LogP contribution is 2.70. The lowest BCUT2D eigenvalue weighted by molar-refractivity contribution is -0.120. The van der Waals surface area contributed by atoms with Gasteiger partial charge in [-0.2, -0.15) is 0 Å². The third kappa shape index (κ3) is 1.93. The van der Waals surface area contributed by atoms with E-state index in [0.717, 1.165) is 17.5 Å². The van der Waals surface area contributed by atoms with Gasteiger partial charge in [0.15, 0.2) is 5.65 Å². The van der Waals surface area contributed by atoms with Crippen LogP contribution in [-0.4, -0.2) is 21.8 Å². The Balaban J connectivity index is 1.25. The van der Waals surface area contributed by atoms with Gasteiger partial charge in [0.1, 0.15) is 0 Å². The van der Waals surface area contributed by atoms with Crippen LogP contribution in [0.15, 0.2) is 36.2 Å². The Kier molecular flexibility index (Phi) is 2.84. The molecule has 3 N–H and O–H groups in total. The van der Waals surface area contributed by atoms with Gasteiger partial charge >= 0.3 is 0 Å². The number of nitrogens with one attached hydrogen (secondary N) is 1. The third-order valence-corrected chi connectivity index (χ3v) is 6.36. The lowest BCUT2D eigenvalue weighted by Gasteiger charge is -2.17. The molecule has 0 saturated heterocycles. The highest BCUT2D eigenvalue weighted by Gasteiger charge is 2.61. The van der Waals surface area contributed by atoms with Crippen molar-refractivity contribution in [2.45, 2.75) is 32.1 Å². The molecule has 0 aliphatic heterocycles. The van der Waals surface area contributed by atoms with Gasteiger partial charge in [0, 0.05) is 18.9 Å². The van der Waals surface area contributed by atoms with Crippen molar-refractivity contribution in [3.05, 3.63) is 41.9 Å². The van der Waals surface area contributed by atoms with Crippen LogP contribution in [0.3, 0.4) is 0 Å². The molecule has 1 spiro atoms. The van der Waals surface area contributed by atoms with Crippen molar-refractivity contribution in [1.82, 2.24) is 14.7 Å². The van der Waals surface area contributed by atoms with E-state index in [9.17, 15) is 4.79 Å². The van der Waals surface area contributed by atoms with Gasteiger partial charge in [0.25, 0.3) is 0 Å². The van der Waals surface area contributed by atoms with E-state index < -0.39 is 0 Å². The zero-order valence-corrected chi connectivity index (χ0v) is 13.7. The Hall–Kier alpha value is -2.30. The first kappa shape index (κ1) is 14.1. The third-order valence-electron chi connectivity index (χ3n) is 6.36. The fraction of sp³-hybridized carbons (Fsp3) is 0.474. The van der Waals surface area contributed by atoms with Crippen LogP contribution in [0, 0.1) is 17.3 Å². The van der Waals surface area contributed by atoms with Crippen LogP contribution in [0.5, 0.6) is 0 Å². The van der Waals surface area contributed by atoms with E-state index in [2.05, 4.69) is 16.4 Å². The topological polar surface area (TPSA) is 72.4 Å². The predicted molar refractivity (Wildman–Crippen MR) is 92.3 cm³/mol. The maximum atomic E-state index is 12.4. The number of allylic oxidation sites excluding steroid dienone is 1. The molecule has 2 bridgehead atoms. The number of anilines is 1. The molecule has 124 valence electrons. The number of carbonyl (C=O) groups is 1. The second-order valence-electron chi connectivity index (χ2n) is 7.57. The summed E-state index contributed by atoms with van der Waals surface area (Å²) < 4.78 is 1.89. The van der Waals surface area contributed by atoms with E-state index in [4.69, 9.17) is 5.73 Å². The van der Waals surface area contributed by atoms with Gasteiger partial charge in [-0.25, -0.2) is 4.98 Å². The van der Waals surface area contributed by atoms with Gasteiger partial charge in [-0.1, -0.05) is 11.6 Å². The van der Waals surface area contributed by atoms with E-state index in [1.54, 1.807) is 6.20 Å². The number of rotatable bonds is 4. The molecule has 0 aromatic carbocycles. The summed E-state index contributed by atoms with van der Waals surface area (Å²) in [6.45, 7) is 0.709. The normalized spacial score (nSPS) is 26.1. The molecular weight excluding hydrogens is 300 g/mol. The zero-order valence-electron chi connectivity index (χ0n) is 13.7. The molecule has 2 aromatic rings. The molecule has 2 fully saturated rings. The summed E-state index contributed by atoms with van der Waals surface area (Å²) in [6.07, 6.45) is 11.9. The number of nitrogens with zero attached hydrogens (tertiary/aromatic N) is 2. The van der Waals surface area contributed by atoms with Gasteiger partial charge in [0.05, 0.1) is 17.8 Å². The molecule has 5 heteroatoms. The number of nitrogens with two attached hydrogens (primary N) is 1. The quantitative estimate of drug-likeness (QED) is 0.849. The van der Waals surface area contributed by atoms with E-state index in [1.807, 2.05) is 22.7 Å². The summed E-state index contributed by atoms with van der Waals surface area (Å²) in [5.41, 5.74) is 10.2. The van der Waals surface area contributed by atoms with Crippen LogP contribution in [0.1, 0.15) is 31.4 Å². The lowest BCUT2D eigenvalue weighted by Crippen LogP contribution is -2.29. The summed E-state index contributed by atoms with van der Waals surface area (Å²) in [6, 6.07) is 3.70. The molecule has 3 aliphatic rings. The summed E-state index contributed by atoms with van der Waals surface area (Å²) >= 11 is 0. The maximum Gasteiger partial charge on any atom is 0.226 e. The van der Waals surface area contributed by atoms with E-state index in [1.165, 1.54) is 31.3 Å². The van der Waals surface area contributed by atoms with Crippen molar-refractivity contribution in [2.75, 3.05) is 12.3 Å². The number of imidazole rings is 1. The standard InChI is InChI=1S/C19H22N4O/c20-16-2-1-7-23-14(11-22-18(16)23)9-17(24)21-10-12-8-13-3-4-15(12)19(13)5-6-19/h1-2,7-8,11,13,15H,3-6,9-10,20H2,(H,21,24). The van der Waals surface area contributed by atoms with E-state index in [0.29, 0.717) is 29.7 Å². The van der Waals surface area contributed by atoms with Crippen molar-refractivity contribution >= 4 is 17.2 Å². The second kappa shape index (κ2) is 4.85. The van der Waals surface area contributed by atoms with Crippen molar-refractivity contribution in [3.63, 3.8) is 0 Å². The summed E-state index contributed by atoms with van der Waals surface area (Å²) in [7, 11) is 0. The van der Waals surface area contributed by atoms with Crippen LogP contribution in [-0.2, 0) is 11.2 Å². The molecule has 2 heterocycles. The minimum Gasteiger partial charge on any atom is -0.396 e. The first-order valence-electron chi connectivity index (χ1n) is 8.85. The second-order valence-corrected chi connectivity index (χ2v) is 7.57. The number of carbonyl (C=O) groups excluding carboxylic acids is 1. The Morgan fingerprint density at radius 1 is 1.42 bits per heavy atom. The SMILES string of the molecule is Nc1cccn2c(CC(=O)NCC3=CC4CCC3C43CC3)cnc12. The molecule has 2 atom stereocenters. The predicted octanol–water partition coefficient (Wildman–Crippen LogP) is 2.32. The largest absolute Gasteiger partial charge is 0.396 e. The van der Waals surface area contributed by atoms with Crippen LogP contribution < -0.4 is 11.1 Å². The minimum absolute atomic E-state index is 0.0488. The van der Waals surface area contributed by atoms with Gasteiger partial charge in [-0.15, -0.1) is 0 Å². The molecule has 5 rings (SSSR count). The zero-order chi connectivity index (χ0) is 16.3. The summed E-state index contributed by atoms with van der Waals surface area (Å²) in [5.74, 6) is 1.57. The lowest BCUT2D eigenvalue weighted by atomic mass is 9.90. The Morgan fingerprint density at radius 2 is 2.29 bits per heavy atom. The smallest absolute Gasteiger partial charge is 0.226 e. The number of pyridine rings is 1. The summed E-state index contributed by atoms with van der Waals surface area (Å²) in [5, 5.41) is 3.11. The Labute approximate surface area is 140 Å². The van der Waals surface area contributed by atoms with E-state index in [-0.39, 0.29) is 5.91 Å². The number of aromatic nitrogens is 2. The van der Waals surface area contributed by atoms with Crippen molar-refractivity contribution in [3.8, 4) is 0 Å². The number of hydrogen-bond acceptors (Lipinski definition) is 3.